The zero-order valence-electron chi connectivity index (χ0n) is 8.00. The second-order valence-electron chi connectivity index (χ2n) is 3.20. The highest BCUT2D eigenvalue weighted by molar-refractivity contribution is 5.41. The first-order valence-corrected chi connectivity index (χ1v) is 4.44. The van der Waals surface area contributed by atoms with Crippen molar-refractivity contribution in [2.24, 2.45) is 5.73 Å². The minimum absolute atomic E-state index is 0.0927. The van der Waals surface area contributed by atoms with Crippen LogP contribution in [-0.2, 0) is 0 Å². The summed E-state index contributed by atoms with van der Waals surface area (Å²) in [6.07, 6.45) is -0.603. The lowest BCUT2D eigenvalue weighted by atomic mass is 9.99. The van der Waals surface area contributed by atoms with Crippen LogP contribution in [0.1, 0.15) is 23.7 Å². The molecule has 4 heteroatoms. The third-order valence-electron chi connectivity index (χ3n) is 2.20. The lowest BCUT2D eigenvalue weighted by Gasteiger charge is -2.14. The van der Waals surface area contributed by atoms with Gasteiger partial charge in [-0.2, -0.15) is 0 Å². The molecule has 14 heavy (non-hydrogen) atoms. The molecule has 0 aliphatic rings. The van der Waals surface area contributed by atoms with Gasteiger partial charge in [0.05, 0.1) is 6.10 Å². The van der Waals surface area contributed by atoms with Crippen LogP contribution in [-0.4, -0.2) is 16.8 Å². The monoisotopic (exact) mass is 199 g/mol. The predicted molar refractivity (Wildman–Crippen MR) is 51.4 cm³/mol. The van der Waals surface area contributed by atoms with Gasteiger partial charge in [-0.05, 0) is 37.6 Å². The van der Waals surface area contributed by atoms with E-state index in [4.69, 9.17) is 5.73 Å². The molecule has 0 radical (unpaired) electrons. The van der Waals surface area contributed by atoms with Crippen molar-refractivity contribution in [3.8, 4) is 5.75 Å². The quantitative estimate of drug-likeness (QED) is 0.685. The van der Waals surface area contributed by atoms with E-state index in [1.54, 1.807) is 0 Å². The van der Waals surface area contributed by atoms with Crippen molar-refractivity contribution in [2.75, 3.05) is 6.54 Å². The number of rotatable bonds is 3. The maximum atomic E-state index is 13.1. The van der Waals surface area contributed by atoms with Gasteiger partial charge in [0.1, 0.15) is 11.6 Å². The summed E-state index contributed by atoms with van der Waals surface area (Å²) in [6, 6.07) is 2.40. The Morgan fingerprint density at radius 3 is 2.71 bits per heavy atom. The molecule has 0 spiro atoms. The number of phenolic OH excluding ortho intramolecular Hbond substituents is 1. The normalized spacial score (nSPS) is 12.9. The van der Waals surface area contributed by atoms with Crippen molar-refractivity contribution in [2.45, 2.75) is 19.4 Å². The molecule has 1 unspecified atom stereocenters. The van der Waals surface area contributed by atoms with E-state index in [1.807, 2.05) is 0 Å². The molecule has 3 nitrogen and oxygen atoms in total. The number of hydrogen-bond donors (Lipinski definition) is 3. The summed E-state index contributed by atoms with van der Waals surface area (Å²) >= 11 is 0. The van der Waals surface area contributed by atoms with Gasteiger partial charge >= 0.3 is 0 Å². The van der Waals surface area contributed by atoms with E-state index in [2.05, 4.69) is 0 Å². The average Bonchev–Trinajstić information content (AvgIpc) is 2.13. The van der Waals surface area contributed by atoms with Gasteiger partial charge in [-0.25, -0.2) is 4.39 Å². The molecule has 0 heterocycles. The van der Waals surface area contributed by atoms with Crippen LogP contribution in [0.25, 0.3) is 0 Å². The van der Waals surface area contributed by atoms with Crippen molar-refractivity contribution in [1.82, 2.24) is 0 Å². The highest BCUT2D eigenvalue weighted by Gasteiger charge is 2.16. The molecule has 0 saturated heterocycles. The summed E-state index contributed by atoms with van der Waals surface area (Å²) in [6.45, 7) is 1.81. The standard InChI is InChI=1S/C10H14FNO2/c1-6-7(11)2-3-8(13)10(6)9(14)4-5-12/h2-3,9,13-14H,4-5,12H2,1H3. The molecule has 0 aliphatic carbocycles. The Kier molecular flexibility index (Phi) is 3.43. The summed E-state index contributed by atoms with van der Waals surface area (Å²) in [5, 5.41) is 19.0. The van der Waals surface area contributed by atoms with Crippen LogP contribution in [0, 0.1) is 12.7 Å². The van der Waals surface area contributed by atoms with Gasteiger partial charge in [0.2, 0.25) is 0 Å². The Labute approximate surface area is 82.0 Å². The van der Waals surface area contributed by atoms with Crippen molar-refractivity contribution in [3.63, 3.8) is 0 Å². The summed E-state index contributed by atoms with van der Waals surface area (Å²) in [7, 11) is 0. The van der Waals surface area contributed by atoms with Crippen LogP contribution in [0.5, 0.6) is 5.75 Å². The maximum Gasteiger partial charge on any atom is 0.126 e. The smallest absolute Gasteiger partial charge is 0.126 e. The van der Waals surface area contributed by atoms with Crippen LogP contribution >= 0.6 is 0 Å². The molecule has 0 saturated carbocycles. The number of aliphatic hydroxyl groups is 1. The van der Waals surface area contributed by atoms with Crippen molar-refractivity contribution >= 4 is 0 Å². The summed E-state index contributed by atoms with van der Waals surface area (Å²) in [5.41, 5.74) is 5.77. The van der Waals surface area contributed by atoms with Gasteiger partial charge in [0.25, 0.3) is 0 Å². The summed E-state index contributed by atoms with van der Waals surface area (Å²) in [5.74, 6) is -0.529. The zero-order valence-corrected chi connectivity index (χ0v) is 8.00. The Balaban J connectivity index is 3.11. The summed E-state index contributed by atoms with van der Waals surface area (Å²) < 4.78 is 13.1. The topological polar surface area (TPSA) is 66.5 Å². The highest BCUT2D eigenvalue weighted by Crippen LogP contribution is 2.30. The lowest BCUT2D eigenvalue weighted by molar-refractivity contribution is 0.165. The minimum atomic E-state index is -0.907. The fourth-order valence-corrected chi connectivity index (χ4v) is 1.41. The molecule has 78 valence electrons. The first-order valence-electron chi connectivity index (χ1n) is 4.44. The van der Waals surface area contributed by atoms with E-state index in [0.29, 0.717) is 6.42 Å². The molecule has 0 amide bonds. The number of nitrogens with two attached hydrogens (primary N) is 1. The molecule has 0 aromatic heterocycles. The summed E-state index contributed by atoms with van der Waals surface area (Å²) in [4.78, 5) is 0. The number of halogens is 1. The molecular formula is C10H14FNO2. The second-order valence-corrected chi connectivity index (χ2v) is 3.20. The van der Waals surface area contributed by atoms with E-state index in [-0.39, 0.29) is 23.4 Å². The first kappa shape index (κ1) is 10.9. The van der Waals surface area contributed by atoms with Crippen molar-refractivity contribution < 1.29 is 14.6 Å². The maximum absolute atomic E-state index is 13.1. The molecule has 0 bridgehead atoms. The van der Waals surface area contributed by atoms with E-state index >= 15 is 0 Å². The Bertz CT molecular complexity index is 328. The molecule has 0 aliphatic heterocycles. The SMILES string of the molecule is Cc1c(F)ccc(O)c1C(O)CCN. The second kappa shape index (κ2) is 4.39. The number of aromatic hydroxyl groups is 1. The molecule has 0 fully saturated rings. The Morgan fingerprint density at radius 1 is 1.50 bits per heavy atom. The molecule has 1 aromatic carbocycles. The van der Waals surface area contributed by atoms with E-state index in [1.165, 1.54) is 19.1 Å². The third kappa shape index (κ3) is 2.02. The Morgan fingerprint density at radius 2 is 2.14 bits per heavy atom. The minimum Gasteiger partial charge on any atom is -0.508 e. The van der Waals surface area contributed by atoms with Crippen LogP contribution < -0.4 is 5.73 Å². The highest BCUT2D eigenvalue weighted by atomic mass is 19.1. The number of aliphatic hydroxyl groups excluding tert-OH is 1. The molecule has 1 rings (SSSR count). The molecule has 1 atom stereocenters. The van der Waals surface area contributed by atoms with Gasteiger partial charge in [0, 0.05) is 5.56 Å². The molecule has 1 aromatic rings. The van der Waals surface area contributed by atoms with Gasteiger partial charge in [-0.15, -0.1) is 0 Å². The average molecular weight is 199 g/mol. The van der Waals surface area contributed by atoms with Crippen LogP contribution in [0.15, 0.2) is 12.1 Å². The van der Waals surface area contributed by atoms with Crippen LogP contribution in [0.2, 0.25) is 0 Å². The van der Waals surface area contributed by atoms with Gasteiger partial charge < -0.3 is 15.9 Å². The first-order chi connectivity index (χ1) is 6.57. The lowest BCUT2D eigenvalue weighted by Crippen LogP contribution is -2.08. The number of benzene rings is 1. The predicted octanol–water partition coefficient (Wildman–Crippen LogP) is 1.22. The van der Waals surface area contributed by atoms with Crippen molar-refractivity contribution in [1.29, 1.82) is 0 Å². The Hall–Kier alpha value is -1.13. The van der Waals surface area contributed by atoms with Gasteiger partial charge in [-0.3, -0.25) is 0 Å². The molecule has 4 N–H and O–H groups in total. The van der Waals surface area contributed by atoms with Crippen LogP contribution in [0.3, 0.4) is 0 Å². The van der Waals surface area contributed by atoms with E-state index in [0.717, 1.165) is 0 Å². The molecular weight excluding hydrogens is 185 g/mol. The number of phenols is 1. The van der Waals surface area contributed by atoms with E-state index in [9.17, 15) is 14.6 Å². The van der Waals surface area contributed by atoms with E-state index < -0.39 is 11.9 Å². The zero-order chi connectivity index (χ0) is 10.7. The number of hydrogen-bond acceptors (Lipinski definition) is 3. The fourth-order valence-electron chi connectivity index (χ4n) is 1.41. The van der Waals surface area contributed by atoms with Gasteiger partial charge in [0.15, 0.2) is 0 Å². The largest absolute Gasteiger partial charge is 0.508 e. The van der Waals surface area contributed by atoms with Gasteiger partial charge in [-0.1, -0.05) is 0 Å². The third-order valence-corrected chi connectivity index (χ3v) is 2.20. The van der Waals surface area contributed by atoms with Crippen molar-refractivity contribution in [3.05, 3.63) is 29.1 Å². The fraction of sp³-hybridized carbons (Fsp3) is 0.400. The van der Waals surface area contributed by atoms with Crippen LogP contribution in [0.4, 0.5) is 4.39 Å².